The van der Waals surface area contributed by atoms with Crippen LogP contribution in [0.25, 0.3) is 0 Å². The van der Waals surface area contributed by atoms with Gasteiger partial charge in [0.1, 0.15) is 0 Å². The lowest BCUT2D eigenvalue weighted by molar-refractivity contribution is 0.202. The first-order valence-corrected chi connectivity index (χ1v) is 11.6. The van der Waals surface area contributed by atoms with Crippen LogP contribution in [-0.2, 0) is 16.6 Å². The van der Waals surface area contributed by atoms with E-state index in [0.29, 0.717) is 31.5 Å². The van der Waals surface area contributed by atoms with Crippen molar-refractivity contribution in [2.75, 3.05) is 19.6 Å². The third-order valence-electron chi connectivity index (χ3n) is 5.50. The van der Waals surface area contributed by atoms with Gasteiger partial charge in [0.15, 0.2) is 0 Å². The van der Waals surface area contributed by atoms with Gasteiger partial charge in [-0.05, 0) is 47.3 Å². The minimum atomic E-state index is -3.50. The van der Waals surface area contributed by atoms with Gasteiger partial charge in [-0.15, -0.1) is 11.3 Å². The molecule has 0 saturated carbocycles. The highest BCUT2D eigenvalue weighted by Crippen LogP contribution is 2.40. The van der Waals surface area contributed by atoms with E-state index in [2.05, 4.69) is 25.3 Å². The maximum Gasteiger partial charge on any atom is 0.282 e. The Morgan fingerprint density at radius 3 is 2.42 bits per heavy atom. The fraction of sp³-hybridized carbons (Fsp3) is 0.500. The second kappa shape index (κ2) is 7.08. The molecular weight excluding hydrogens is 364 g/mol. The standard InChI is InChI=1S/C20H26N2O2S2/c1-15-12-16(2)14-21(13-15)26(23,24)22-10-8-19-18(9-11-25-19)20(22)17-6-4-3-5-7-17/h3-7,9,11,15-16,20H,8,10,12-14H2,1-2H3/t15-,16+,20-/m0/s1. The lowest BCUT2D eigenvalue weighted by Gasteiger charge is -2.41. The lowest BCUT2D eigenvalue weighted by Crippen LogP contribution is -2.52. The van der Waals surface area contributed by atoms with Crippen LogP contribution in [0.2, 0.25) is 0 Å². The van der Waals surface area contributed by atoms with Crippen LogP contribution in [0.1, 0.15) is 42.3 Å². The molecule has 1 fully saturated rings. The van der Waals surface area contributed by atoms with Crippen molar-refractivity contribution >= 4 is 21.5 Å². The first-order chi connectivity index (χ1) is 12.5. The molecule has 0 bridgehead atoms. The van der Waals surface area contributed by atoms with Crippen molar-refractivity contribution in [2.45, 2.75) is 32.7 Å². The summed E-state index contributed by atoms with van der Waals surface area (Å²) < 4.78 is 30.7. The summed E-state index contributed by atoms with van der Waals surface area (Å²) >= 11 is 1.74. The number of piperidine rings is 1. The summed E-state index contributed by atoms with van der Waals surface area (Å²) in [5.41, 5.74) is 2.20. The summed E-state index contributed by atoms with van der Waals surface area (Å²) in [4.78, 5) is 1.31. The summed E-state index contributed by atoms with van der Waals surface area (Å²) in [5.74, 6) is 0.815. The zero-order valence-corrected chi connectivity index (χ0v) is 17.0. The van der Waals surface area contributed by atoms with Gasteiger partial charge in [-0.3, -0.25) is 0 Å². The van der Waals surface area contributed by atoms with Crippen LogP contribution in [0.15, 0.2) is 41.8 Å². The molecule has 2 aliphatic rings. The van der Waals surface area contributed by atoms with E-state index in [4.69, 9.17) is 0 Å². The second-order valence-corrected chi connectivity index (χ2v) is 10.6. The van der Waals surface area contributed by atoms with Gasteiger partial charge >= 0.3 is 0 Å². The number of hydrogen-bond donors (Lipinski definition) is 0. The van der Waals surface area contributed by atoms with Gasteiger partial charge in [0.05, 0.1) is 6.04 Å². The fourth-order valence-electron chi connectivity index (χ4n) is 4.47. The molecule has 2 aliphatic heterocycles. The average Bonchev–Trinajstić information content (AvgIpc) is 3.09. The van der Waals surface area contributed by atoms with E-state index in [1.54, 1.807) is 19.9 Å². The number of rotatable bonds is 3. The highest BCUT2D eigenvalue weighted by Gasteiger charge is 2.41. The zero-order chi connectivity index (χ0) is 18.3. The Hall–Kier alpha value is -1.21. The Bertz CT molecular complexity index is 853. The first-order valence-electron chi connectivity index (χ1n) is 9.35. The molecule has 1 aromatic carbocycles. The molecule has 0 N–H and O–H groups in total. The van der Waals surface area contributed by atoms with Crippen molar-refractivity contribution in [3.05, 3.63) is 57.8 Å². The van der Waals surface area contributed by atoms with Crippen molar-refractivity contribution in [1.29, 1.82) is 0 Å². The third kappa shape index (κ3) is 3.24. The maximum absolute atomic E-state index is 13.6. The highest BCUT2D eigenvalue weighted by molar-refractivity contribution is 7.86. The molecule has 0 unspecified atom stereocenters. The average molecular weight is 391 g/mol. The highest BCUT2D eigenvalue weighted by atomic mass is 32.2. The molecule has 0 aliphatic carbocycles. The predicted octanol–water partition coefficient (Wildman–Crippen LogP) is 3.92. The van der Waals surface area contributed by atoms with Crippen LogP contribution in [0.5, 0.6) is 0 Å². The third-order valence-corrected chi connectivity index (χ3v) is 8.43. The molecule has 1 aromatic heterocycles. The summed E-state index contributed by atoms with van der Waals surface area (Å²) in [7, 11) is -3.50. The topological polar surface area (TPSA) is 40.6 Å². The van der Waals surface area contributed by atoms with Crippen LogP contribution in [0, 0.1) is 11.8 Å². The van der Waals surface area contributed by atoms with E-state index in [1.807, 2.05) is 30.3 Å². The quantitative estimate of drug-likeness (QED) is 0.797. The molecule has 0 amide bonds. The fourth-order valence-corrected chi connectivity index (χ4v) is 7.38. The second-order valence-electron chi connectivity index (χ2n) is 7.74. The zero-order valence-electron chi connectivity index (χ0n) is 15.3. The van der Waals surface area contributed by atoms with Crippen molar-refractivity contribution in [3.8, 4) is 0 Å². The van der Waals surface area contributed by atoms with Crippen molar-refractivity contribution in [1.82, 2.24) is 8.61 Å². The van der Waals surface area contributed by atoms with Crippen LogP contribution >= 0.6 is 11.3 Å². The summed E-state index contributed by atoms with van der Waals surface area (Å²) in [6.07, 6.45) is 1.90. The van der Waals surface area contributed by atoms with Crippen LogP contribution in [0.3, 0.4) is 0 Å². The van der Waals surface area contributed by atoms with E-state index in [0.717, 1.165) is 24.0 Å². The minimum Gasteiger partial charge on any atom is -0.195 e. The van der Waals surface area contributed by atoms with Crippen LogP contribution in [-0.4, -0.2) is 36.7 Å². The Kier molecular flexibility index (Phi) is 4.94. The van der Waals surface area contributed by atoms with E-state index < -0.39 is 10.2 Å². The minimum absolute atomic E-state index is 0.219. The molecule has 26 heavy (non-hydrogen) atoms. The number of hydrogen-bond acceptors (Lipinski definition) is 3. The van der Waals surface area contributed by atoms with E-state index >= 15 is 0 Å². The Labute approximate surface area is 160 Å². The molecule has 4 nitrogen and oxygen atoms in total. The predicted molar refractivity (Wildman–Crippen MR) is 106 cm³/mol. The van der Waals surface area contributed by atoms with Crippen LogP contribution in [0.4, 0.5) is 0 Å². The SMILES string of the molecule is C[C@@H]1C[C@H](C)CN(S(=O)(=O)N2CCc3sccc3[C@@H]2c2ccccc2)C1. The summed E-state index contributed by atoms with van der Waals surface area (Å²) in [5, 5.41) is 2.09. The van der Waals surface area contributed by atoms with Gasteiger partial charge in [-0.1, -0.05) is 44.2 Å². The van der Waals surface area contributed by atoms with Crippen molar-refractivity contribution < 1.29 is 8.42 Å². The van der Waals surface area contributed by atoms with Gasteiger partial charge in [0, 0.05) is 24.5 Å². The molecule has 1 saturated heterocycles. The van der Waals surface area contributed by atoms with E-state index in [-0.39, 0.29) is 6.04 Å². The normalized spacial score (nSPS) is 28.0. The number of fused-ring (bicyclic) bond motifs is 1. The molecule has 140 valence electrons. The van der Waals surface area contributed by atoms with Gasteiger partial charge in [-0.25, -0.2) is 0 Å². The van der Waals surface area contributed by atoms with Crippen LogP contribution < -0.4 is 0 Å². The van der Waals surface area contributed by atoms with Crippen molar-refractivity contribution in [3.63, 3.8) is 0 Å². The maximum atomic E-state index is 13.6. The molecule has 4 rings (SSSR count). The van der Waals surface area contributed by atoms with Crippen molar-refractivity contribution in [2.24, 2.45) is 11.8 Å². The Morgan fingerprint density at radius 1 is 1.04 bits per heavy atom. The van der Waals surface area contributed by atoms with Gasteiger partial charge in [-0.2, -0.15) is 17.0 Å². The summed E-state index contributed by atoms with van der Waals surface area (Å²) in [6, 6.07) is 11.9. The number of nitrogens with zero attached hydrogens (tertiary/aromatic N) is 2. The lowest BCUT2D eigenvalue weighted by atomic mass is 9.94. The molecular formula is C20H26N2O2S2. The molecule has 3 heterocycles. The molecule has 0 radical (unpaired) electrons. The van der Waals surface area contributed by atoms with Gasteiger partial charge in [0.2, 0.25) is 0 Å². The van der Waals surface area contributed by atoms with Gasteiger partial charge < -0.3 is 0 Å². The molecule has 2 aromatic rings. The largest absolute Gasteiger partial charge is 0.282 e. The van der Waals surface area contributed by atoms with E-state index in [9.17, 15) is 8.42 Å². The smallest absolute Gasteiger partial charge is 0.195 e. The van der Waals surface area contributed by atoms with E-state index in [1.165, 1.54) is 4.88 Å². The van der Waals surface area contributed by atoms with Gasteiger partial charge in [0.25, 0.3) is 10.2 Å². The molecule has 3 atom stereocenters. The molecule has 6 heteroatoms. The monoisotopic (exact) mass is 390 g/mol. The number of thiophene rings is 1. The number of benzene rings is 1. The molecule has 0 spiro atoms. The Balaban J connectivity index is 1.74. The Morgan fingerprint density at radius 2 is 1.73 bits per heavy atom. The summed E-state index contributed by atoms with van der Waals surface area (Å²) in [6.45, 7) is 6.11. The first kappa shape index (κ1) is 18.2.